The predicted octanol–water partition coefficient (Wildman–Crippen LogP) is 1.15. The number of carbonyl (C=O) groups excluding carboxylic acids is 1. The quantitative estimate of drug-likeness (QED) is 0.516. The van der Waals surface area contributed by atoms with Crippen molar-refractivity contribution in [2.45, 2.75) is 0 Å². The van der Waals surface area contributed by atoms with Crippen molar-refractivity contribution in [1.82, 2.24) is 0 Å². The molecule has 0 aromatic carbocycles. The van der Waals surface area contributed by atoms with Gasteiger partial charge in [0.25, 0.3) is 0 Å². The first-order chi connectivity index (χ1) is 5.38. The molecule has 12 heavy (non-hydrogen) atoms. The fraction of sp³-hybridized carbons (Fsp3) is 0.100. The van der Waals surface area contributed by atoms with Gasteiger partial charge in [-0.05, 0) is 6.08 Å². The van der Waals surface area contributed by atoms with E-state index in [9.17, 15) is 4.79 Å². The number of allylic oxidation sites excluding steroid dienone is 8. The molecule has 2 heteroatoms. The van der Waals surface area contributed by atoms with Crippen molar-refractivity contribution in [1.29, 1.82) is 0 Å². The van der Waals surface area contributed by atoms with Crippen molar-refractivity contribution < 1.29 is 4.79 Å². The maximum absolute atomic E-state index is 11.1. The topological polar surface area (TPSA) is 17.1 Å². The summed E-state index contributed by atoms with van der Waals surface area (Å²) >= 11 is 0. The zero-order valence-electron chi connectivity index (χ0n) is 6.03. The Balaban J connectivity index is 0.000000720. The fourth-order valence-electron chi connectivity index (χ4n) is 1.32. The zero-order valence-corrected chi connectivity index (χ0v) is 6.03. The summed E-state index contributed by atoms with van der Waals surface area (Å²) in [6, 6.07) is 0. The van der Waals surface area contributed by atoms with E-state index >= 15 is 0 Å². The molecule has 1 unspecified atom stereocenters. The average Bonchev–Trinajstić information content (AvgIpc) is 2.25. The first-order valence-electron chi connectivity index (χ1n) is 3.65. The van der Waals surface area contributed by atoms with Crippen molar-refractivity contribution in [2.24, 2.45) is 5.92 Å². The molecule has 0 aliphatic heterocycles. The Hall–Kier alpha value is 0.266. The summed E-state index contributed by atoms with van der Waals surface area (Å²) in [6.45, 7) is 0. The van der Waals surface area contributed by atoms with Crippen LogP contribution in [0, 0.1) is 5.92 Å². The van der Waals surface area contributed by atoms with Crippen LogP contribution in [0.15, 0.2) is 48.1 Å². The third-order valence-electron chi connectivity index (χ3n) is 1.92. The van der Waals surface area contributed by atoms with E-state index in [0.717, 1.165) is 5.57 Å². The van der Waals surface area contributed by atoms with Gasteiger partial charge in [0, 0.05) is 11.5 Å². The Bertz CT molecular complexity index is 308. The molecule has 0 amide bonds. The predicted molar refractivity (Wildman–Crippen MR) is 51.1 cm³/mol. The van der Waals surface area contributed by atoms with E-state index in [-0.39, 0.29) is 63.1 Å². The van der Waals surface area contributed by atoms with Crippen LogP contribution in [0.3, 0.4) is 0 Å². The Morgan fingerprint density at radius 2 is 1.92 bits per heavy atom. The molecule has 0 bridgehead atoms. The molecule has 0 heterocycles. The zero-order chi connectivity index (χ0) is 7.68. The third-order valence-corrected chi connectivity index (χ3v) is 1.92. The van der Waals surface area contributed by atoms with Gasteiger partial charge in [0.1, 0.15) is 0 Å². The Kier molecular flexibility index (Phi) is 3.87. The van der Waals surface area contributed by atoms with Gasteiger partial charge in [-0.2, -0.15) is 0 Å². The van der Waals surface area contributed by atoms with Gasteiger partial charge in [0.05, 0.1) is 0 Å². The number of hydrogen-bond donors (Lipinski definition) is 0. The Morgan fingerprint density at radius 3 is 2.75 bits per heavy atom. The minimum absolute atomic E-state index is 0. The number of ketones is 1. The van der Waals surface area contributed by atoms with Crippen LogP contribution in [0.25, 0.3) is 0 Å². The van der Waals surface area contributed by atoms with E-state index < -0.39 is 0 Å². The second-order valence-electron chi connectivity index (χ2n) is 2.64. The molecule has 0 N–H and O–H groups in total. The molecular weight excluding hydrogens is 175 g/mol. The minimum atomic E-state index is 0. The number of fused-ring (bicyclic) bond motifs is 1. The molecule has 1 nitrogen and oxygen atoms in total. The van der Waals surface area contributed by atoms with Crippen molar-refractivity contribution in [2.75, 3.05) is 0 Å². The number of hydrogen-bond acceptors (Lipinski definition) is 1. The molecule has 0 aromatic rings. The monoisotopic (exact) mass is 184 g/mol. The molecular formula is C10H9KO. The van der Waals surface area contributed by atoms with Crippen LogP contribution in [-0.4, -0.2) is 57.2 Å². The van der Waals surface area contributed by atoms with E-state index in [1.165, 1.54) is 0 Å². The Labute approximate surface area is 114 Å². The van der Waals surface area contributed by atoms with Gasteiger partial charge >= 0.3 is 51.4 Å². The van der Waals surface area contributed by atoms with Crippen molar-refractivity contribution in [3.8, 4) is 0 Å². The second kappa shape index (κ2) is 4.49. The molecule has 0 aromatic heterocycles. The van der Waals surface area contributed by atoms with Gasteiger partial charge in [-0.3, -0.25) is 4.79 Å². The van der Waals surface area contributed by atoms with E-state index in [1.54, 1.807) is 6.08 Å². The first-order valence-corrected chi connectivity index (χ1v) is 3.65. The molecule has 0 fully saturated rings. The summed E-state index contributed by atoms with van der Waals surface area (Å²) in [5.41, 5.74) is 0.884. The molecule has 1 atom stereocenters. The number of rotatable bonds is 0. The van der Waals surface area contributed by atoms with Gasteiger partial charge in [-0.15, -0.1) is 0 Å². The van der Waals surface area contributed by atoms with E-state index in [2.05, 4.69) is 0 Å². The van der Waals surface area contributed by atoms with Gasteiger partial charge in [0.15, 0.2) is 5.78 Å². The third kappa shape index (κ3) is 1.95. The number of carbonyl (C=O) groups is 1. The van der Waals surface area contributed by atoms with E-state index in [1.807, 2.05) is 36.5 Å². The van der Waals surface area contributed by atoms with Gasteiger partial charge in [0.2, 0.25) is 0 Å². The summed E-state index contributed by atoms with van der Waals surface area (Å²) < 4.78 is 0. The van der Waals surface area contributed by atoms with Crippen LogP contribution >= 0.6 is 0 Å². The summed E-state index contributed by atoms with van der Waals surface area (Å²) in [4.78, 5) is 11.1. The van der Waals surface area contributed by atoms with Crippen LogP contribution < -0.4 is 0 Å². The van der Waals surface area contributed by atoms with Crippen LogP contribution in [0.2, 0.25) is 0 Å². The molecule has 2 aliphatic carbocycles. The summed E-state index contributed by atoms with van der Waals surface area (Å²) in [7, 11) is 0. The fourth-order valence-corrected chi connectivity index (χ4v) is 1.32. The maximum atomic E-state index is 11.1. The molecule has 2 aliphatic rings. The first kappa shape index (κ1) is 10.3. The van der Waals surface area contributed by atoms with E-state index in [4.69, 9.17) is 0 Å². The van der Waals surface area contributed by atoms with Crippen LogP contribution in [0.4, 0.5) is 0 Å². The summed E-state index contributed by atoms with van der Waals surface area (Å²) in [6.07, 6.45) is 13.3. The van der Waals surface area contributed by atoms with Gasteiger partial charge in [-0.25, -0.2) is 0 Å². The van der Waals surface area contributed by atoms with Gasteiger partial charge < -0.3 is 0 Å². The van der Waals surface area contributed by atoms with Crippen LogP contribution in [0.5, 0.6) is 0 Å². The van der Waals surface area contributed by atoms with Crippen molar-refractivity contribution in [3.05, 3.63) is 48.1 Å². The van der Waals surface area contributed by atoms with E-state index in [0.29, 0.717) is 0 Å². The van der Waals surface area contributed by atoms with Crippen LogP contribution in [0.1, 0.15) is 0 Å². The molecule has 56 valence electrons. The average molecular weight is 184 g/mol. The normalized spacial score (nSPS) is 24.5. The summed E-state index contributed by atoms with van der Waals surface area (Å²) in [5, 5.41) is 0. The van der Waals surface area contributed by atoms with Crippen molar-refractivity contribution >= 4 is 57.2 Å². The Morgan fingerprint density at radius 1 is 1.08 bits per heavy atom. The van der Waals surface area contributed by atoms with Gasteiger partial charge in [-0.1, -0.05) is 36.5 Å². The molecule has 2 rings (SSSR count). The van der Waals surface area contributed by atoms with Crippen molar-refractivity contribution in [3.63, 3.8) is 0 Å². The second-order valence-corrected chi connectivity index (χ2v) is 2.64. The standard InChI is InChI=1S/C10H8O.K.H/c11-10-7-6-8-4-2-1-3-5-9(8)10;;/h1-8H;;. The SMILES string of the molecule is O=C1C=CC2C=CC=CC=C12.[KH]. The van der Waals surface area contributed by atoms with Crippen LogP contribution in [-0.2, 0) is 4.79 Å². The summed E-state index contributed by atoms with van der Waals surface area (Å²) in [5.74, 6) is 0.365. The molecule has 0 radical (unpaired) electrons. The molecule has 0 saturated heterocycles. The molecule has 0 spiro atoms. The molecule has 0 saturated carbocycles.